The molecule has 1 heterocycles. The molecule has 0 bridgehead atoms. The first kappa shape index (κ1) is 35.3. The van der Waals surface area contributed by atoms with Crippen molar-refractivity contribution >= 4 is 60.5 Å². The predicted molar refractivity (Wildman–Crippen MR) is 257 cm³/mol. The van der Waals surface area contributed by atoms with E-state index in [2.05, 4.69) is 225 Å². The highest BCUT2D eigenvalue weighted by Crippen LogP contribution is 2.52. The predicted octanol–water partition coefficient (Wildman–Crippen LogP) is 16.7. The molecule has 1 aliphatic carbocycles. The molecule has 1 aromatic heterocycles. The second kappa shape index (κ2) is 13.7. The van der Waals surface area contributed by atoms with Gasteiger partial charge in [-0.3, -0.25) is 0 Å². The summed E-state index contributed by atoms with van der Waals surface area (Å²) >= 11 is 0. The van der Waals surface area contributed by atoms with Gasteiger partial charge in [0.05, 0.1) is 11.4 Å². The molecule has 0 spiro atoms. The number of hydrogen-bond donors (Lipinski definition) is 0. The van der Waals surface area contributed by atoms with Gasteiger partial charge >= 0.3 is 0 Å². The molecule has 0 atom stereocenters. The van der Waals surface area contributed by atoms with Crippen LogP contribution in [-0.4, -0.2) is 0 Å². The molecule has 61 heavy (non-hydrogen) atoms. The van der Waals surface area contributed by atoms with Crippen molar-refractivity contribution in [3.8, 4) is 44.5 Å². The number of benzene rings is 10. The largest absolute Gasteiger partial charge is 0.455 e. The summed E-state index contributed by atoms with van der Waals surface area (Å²) < 4.78 is 6.67. The Balaban J connectivity index is 1.06. The molecule has 2 heteroatoms. The van der Waals surface area contributed by atoms with Crippen LogP contribution in [0.4, 0.5) is 17.1 Å². The summed E-state index contributed by atoms with van der Waals surface area (Å²) in [4.78, 5) is 2.44. The number of nitrogens with zero attached hydrogens (tertiary/aromatic N) is 1. The number of furan rings is 1. The van der Waals surface area contributed by atoms with Crippen molar-refractivity contribution in [2.24, 2.45) is 0 Å². The minimum absolute atomic E-state index is 0.113. The van der Waals surface area contributed by atoms with Crippen LogP contribution in [0.2, 0.25) is 0 Å². The quantitative estimate of drug-likeness (QED) is 0.156. The van der Waals surface area contributed by atoms with Gasteiger partial charge in [0.1, 0.15) is 11.2 Å². The SMILES string of the molecule is CC1(C)c2ccccc2-c2ccc(-c3ccccc3N(c3ccc(-c4cccc5c4ccc4ccccc45)cc3)c3ccccc3-c3cccc4c3oc3ccccc34)cc21. The van der Waals surface area contributed by atoms with Crippen molar-refractivity contribution in [1.82, 2.24) is 0 Å². The normalized spacial score (nSPS) is 12.9. The molecule has 1 aliphatic rings. The molecule has 12 rings (SSSR count). The third-order valence-corrected chi connectivity index (χ3v) is 13.1. The maximum Gasteiger partial charge on any atom is 0.143 e. The van der Waals surface area contributed by atoms with Gasteiger partial charge < -0.3 is 9.32 Å². The third-order valence-electron chi connectivity index (χ3n) is 13.1. The van der Waals surface area contributed by atoms with Crippen molar-refractivity contribution in [3.63, 3.8) is 0 Å². The van der Waals surface area contributed by atoms with Crippen molar-refractivity contribution in [2.45, 2.75) is 19.3 Å². The maximum atomic E-state index is 6.67. The lowest BCUT2D eigenvalue weighted by Gasteiger charge is -2.30. The highest BCUT2D eigenvalue weighted by atomic mass is 16.3. The van der Waals surface area contributed by atoms with E-state index >= 15 is 0 Å². The Bertz CT molecular complexity index is 3520. The third kappa shape index (κ3) is 5.49. The zero-order chi connectivity index (χ0) is 40.7. The van der Waals surface area contributed by atoms with Crippen LogP contribution in [0.25, 0.3) is 88.0 Å². The summed E-state index contributed by atoms with van der Waals surface area (Å²) in [6.45, 7) is 4.71. The standard InChI is InChI=1S/C59H41NO/c1-59(2)53-25-9-5-18-47(53)48-36-32-40(37-54(48)59)44-17-6-10-26-55(44)60(56-27-11-7-19-49(56)51-23-14-24-52-50-20-8-12-28-57(50)61-58(51)52)41-33-29-39(30-34-41)43-21-13-22-45-42-16-4-3-15-38(42)31-35-46(43)45/h3-37H,1-2H3. The first-order chi connectivity index (χ1) is 30.0. The number of hydrogen-bond acceptors (Lipinski definition) is 2. The highest BCUT2D eigenvalue weighted by molar-refractivity contribution is 6.13. The van der Waals surface area contributed by atoms with Crippen LogP contribution < -0.4 is 4.90 Å². The van der Waals surface area contributed by atoms with Crippen molar-refractivity contribution in [1.29, 1.82) is 0 Å². The Morgan fingerprint density at radius 3 is 1.79 bits per heavy atom. The van der Waals surface area contributed by atoms with Gasteiger partial charge in [-0.05, 0) is 96.9 Å². The fourth-order valence-corrected chi connectivity index (χ4v) is 10.1. The van der Waals surface area contributed by atoms with Crippen LogP contribution in [0, 0.1) is 0 Å². The first-order valence-corrected chi connectivity index (χ1v) is 21.2. The minimum Gasteiger partial charge on any atom is -0.455 e. The molecule has 10 aromatic carbocycles. The summed E-state index contributed by atoms with van der Waals surface area (Å²) in [5, 5.41) is 7.29. The Hall–Kier alpha value is -7.68. The molecule has 0 saturated carbocycles. The molecular formula is C59H41NO. The zero-order valence-corrected chi connectivity index (χ0v) is 34.1. The van der Waals surface area contributed by atoms with E-state index in [0.717, 1.165) is 50.1 Å². The molecule has 0 radical (unpaired) electrons. The maximum absolute atomic E-state index is 6.67. The fraction of sp³-hybridized carbons (Fsp3) is 0.0508. The summed E-state index contributed by atoms with van der Waals surface area (Å²) in [6, 6.07) is 77.4. The molecular weight excluding hydrogens is 739 g/mol. The van der Waals surface area contributed by atoms with Crippen LogP contribution in [0.5, 0.6) is 0 Å². The lowest BCUT2D eigenvalue weighted by molar-refractivity contribution is 0.660. The van der Waals surface area contributed by atoms with Gasteiger partial charge in [-0.2, -0.15) is 0 Å². The van der Waals surface area contributed by atoms with Gasteiger partial charge in [-0.15, -0.1) is 0 Å². The van der Waals surface area contributed by atoms with Gasteiger partial charge in [0, 0.05) is 38.6 Å². The van der Waals surface area contributed by atoms with Crippen LogP contribution >= 0.6 is 0 Å². The van der Waals surface area contributed by atoms with E-state index in [0.29, 0.717) is 0 Å². The average molecular weight is 780 g/mol. The van der Waals surface area contributed by atoms with Crippen molar-refractivity contribution in [3.05, 3.63) is 223 Å². The van der Waals surface area contributed by atoms with Gasteiger partial charge in [-0.25, -0.2) is 0 Å². The average Bonchev–Trinajstić information content (AvgIpc) is 3.81. The van der Waals surface area contributed by atoms with E-state index < -0.39 is 0 Å². The van der Waals surface area contributed by atoms with Gasteiger partial charge in [-0.1, -0.05) is 190 Å². The molecule has 288 valence electrons. The van der Waals surface area contributed by atoms with Crippen LogP contribution in [0.15, 0.2) is 217 Å². The van der Waals surface area contributed by atoms with Crippen molar-refractivity contribution in [2.75, 3.05) is 4.90 Å². The second-order valence-corrected chi connectivity index (χ2v) is 16.8. The molecule has 11 aromatic rings. The molecule has 0 saturated heterocycles. The van der Waals surface area contributed by atoms with Gasteiger partial charge in [0.15, 0.2) is 0 Å². The molecule has 0 aliphatic heterocycles. The summed E-state index contributed by atoms with van der Waals surface area (Å²) in [6.07, 6.45) is 0. The van der Waals surface area contributed by atoms with Crippen LogP contribution in [0.3, 0.4) is 0 Å². The van der Waals surface area contributed by atoms with Gasteiger partial charge in [0.2, 0.25) is 0 Å². The van der Waals surface area contributed by atoms with E-state index in [1.165, 1.54) is 66.1 Å². The summed E-state index contributed by atoms with van der Waals surface area (Å²) in [5.41, 5.74) is 17.2. The molecule has 0 unspecified atom stereocenters. The first-order valence-electron chi connectivity index (χ1n) is 21.2. The molecule has 0 fully saturated rings. The second-order valence-electron chi connectivity index (χ2n) is 16.8. The number of anilines is 3. The summed E-state index contributed by atoms with van der Waals surface area (Å²) in [7, 11) is 0. The zero-order valence-electron chi connectivity index (χ0n) is 34.1. The van der Waals surface area contributed by atoms with E-state index in [4.69, 9.17) is 4.42 Å². The van der Waals surface area contributed by atoms with Crippen LogP contribution in [-0.2, 0) is 5.41 Å². The highest BCUT2D eigenvalue weighted by Gasteiger charge is 2.35. The Morgan fingerprint density at radius 1 is 0.361 bits per heavy atom. The Kier molecular flexibility index (Phi) is 7.92. The van der Waals surface area contributed by atoms with E-state index in [1.54, 1.807) is 0 Å². The number of rotatable bonds is 6. The van der Waals surface area contributed by atoms with Crippen molar-refractivity contribution < 1.29 is 4.42 Å². The lowest BCUT2D eigenvalue weighted by Crippen LogP contribution is -2.15. The molecule has 2 nitrogen and oxygen atoms in total. The van der Waals surface area contributed by atoms with E-state index in [-0.39, 0.29) is 5.41 Å². The minimum atomic E-state index is -0.113. The Morgan fingerprint density at radius 2 is 0.951 bits per heavy atom. The van der Waals surface area contributed by atoms with E-state index in [9.17, 15) is 0 Å². The fourth-order valence-electron chi connectivity index (χ4n) is 10.1. The summed E-state index contributed by atoms with van der Waals surface area (Å²) in [5.74, 6) is 0. The number of para-hydroxylation sites is 4. The van der Waals surface area contributed by atoms with E-state index in [1.807, 2.05) is 6.07 Å². The monoisotopic (exact) mass is 779 g/mol. The van der Waals surface area contributed by atoms with Crippen LogP contribution in [0.1, 0.15) is 25.0 Å². The Labute approximate surface area is 355 Å². The smallest absolute Gasteiger partial charge is 0.143 e. The molecule has 0 amide bonds. The number of fused-ring (bicyclic) bond motifs is 9. The lowest BCUT2D eigenvalue weighted by atomic mass is 9.81. The molecule has 0 N–H and O–H groups in total. The topological polar surface area (TPSA) is 16.4 Å². The van der Waals surface area contributed by atoms with Gasteiger partial charge in [0.25, 0.3) is 0 Å².